The first-order valence-corrected chi connectivity index (χ1v) is 9.60. The Morgan fingerprint density at radius 2 is 1.68 bits per heavy atom. The van der Waals surface area contributed by atoms with Crippen molar-refractivity contribution < 1.29 is 13.2 Å². The first-order valence-electron chi connectivity index (χ1n) is 8.11. The van der Waals surface area contributed by atoms with E-state index < -0.39 is 10.0 Å². The molecule has 25 heavy (non-hydrogen) atoms. The summed E-state index contributed by atoms with van der Waals surface area (Å²) in [5, 5.41) is 5.88. The zero-order valence-electron chi connectivity index (χ0n) is 14.4. The number of rotatable bonds is 8. The van der Waals surface area contributed by atoms with Crippen molar-refractivity contribution in [1.29, 1.82) is 0 Å². The van der Waals surface area contributed by atoms with Crippen LogP contribution in [0.1, 0.15) is 22.8 Å². The molecule has 0 radical (unpaired) electrons. The Hall–Kier alpha value is -2.38. The van der Waals surface area contributed by atoms with Gasteiger partial charge in [-0.1, -0.05) is 25.1 Å². The second kappa shape index (κ2) is 8.64. The molecule has 0 heterocycles. The Balaban J connectivity index is 2.05. The quantitative estimate of drug-likeness (QED) is 0.629. The summed E-state index contributed by atoms with van der Waals surface area (Å²) < 4.78 is 27.5. The van der Waals surface area contributed by atoms with Crippen LogP contribution in [0, 0.1) is 6.92 Å². The smallest absolute Gasteiger partial charge is 0.261 e. The molecule has 0 aliphatic heterocycles. The summed E-state index contributed by atoms with van der Waals surface area (Å²) in [5.74, 6) is -0.228. The van der Waals surface area contributed by atoms with Gasteiger partial charge in [0, 0.05) is 18.7 Å². The number of likely N-dealkylation sites (N-methyl/N-ethyl adjacent to an activating group) is 1. The van der Waals surface area contributed by atoms with Gasteiger partial charge in [0.2, 0.25) is 0 Å². The molecule has 0 atom stereocenters. The predicted molar refractivity (Wildman–Crippen MR) is 99.3 cm³/mol. The molecule has 7 heteroatoms. The van der Waals surface area contributed by atoms with Gasteiger partial charge in [0.05, 0.1) is 10.6 Å². The molecule has 0 saturated heterocycles. The van der Waals surface area contributed by atoms with Gasteiger partial charge in [0.25, 0.3) is 15.9 Å². The summed E-state index contributed by atoms with van der Waals surface area (Å²) in [6.07, 6.45) is 0. The average Bonchev–Trinajstić information content (AvgIpc) is 2.60. The van der Waals surface area contributed by atoms with Crippen molar-refractivity contribution in [3.8, 4) is 0 Å². The molecule has 1 amide bonds. The number of para-hydroxylation sites is 1. The highest BCUT2D eigenvalue weighted by atomic mass is 32.2. The first kappa shape index (κ1) is 19.0. The summed E-state index contributed by atoms with van der Waals surface area (Å²) in [7, 11) is -3.69. The van der Waals surface area contributed by atoms with Crippen LogP contribution in [-0.4, -0.2) is 34.0 Å². The monoisotopic (exact) mass is 361 g/mol. The van der Waals surface area contributed by atoms with E-state index in [9.17, 15) is 13.2 Å². The maximum atomic E-state index is 12.5. The van der Waals surface area contributed by atoms with E-state index in [2.05, 4.69) is 15.4 Å². The van der Waals surface area contributed by atoms with Gasteiger partial charge in [-0.15, -0.1) is 0 Å². The molecule has 2 rings (SSSR count). The van der Waals surface area contributed by atoms with Crippen LogP contribution in [0.2, 0.25) is 0 Å². The van der Waals surface area contributed by atoms with Crippen molar-refractivity contribution in [3.63, 3.8) is 0 Å². The zero-order chi connectivity index (χ0) is 18.3. The van der Waals surface area contributed by atoms with E-state index in [-0.39, 0.29) is 10.8 Å². The van der Waals surface area contributed by atoms with Crippen molar-refractivity contribution in [1.82, 2.24) is 10.6 Å². The number of amides is 1. The summed E-state index contributed by atoms with van der Waals surface area (Å²) in [6, 6.07) is 13.0. The van der Waals surface area contributed by atoms with Crippen LogP contribution in [0.5, 0.6) is 0 Å². The highest BCUT2D eigenvalue weighted by Gasteiger charge is 2.16. The fourth-order valence-corrected chi connectivity index (χ4v) is 3.35. The number of aryl methyl sites for hydroxylation is 1. The molecule has 0 fully saturated rings. The van der Waals surface area contributed by atoms with Crippen LogP contribution in [0.25, 0.3) is 0 Å². The Kier molecular flexibility index (Phi) is 6.55. The van der Waals surface area contributed by atoms with Gasteiger partial charge in [0.15, 0.2) is 0 Å². The van der Waals surface area contributed by atoms with E-state index in [0.29, 0.717) is 24.3 Å². The minimum atomic E-state index is -3.69. The van der Waals surface area contributed by atoms with Crippen LogP contribution in [0.15, 0.2) is 53.4 Å². The van der Waals surface area contributed by atoms with Gasteiger partial charge in [0.1, 0.15) is 0 Å². The molecule has 0 aliphatic rings. The van der Waals surface area contributed by atoms with E-state index in [1.807, 2.05) is 26.0 Å². The maximum absolute atomic E-state index is 12.5. The Labute approximate surface area is 148 Å². The molecule has 6 nitrogen and oxygen atoms in total. The fourth-order valence-electron chi connectivity index (χ4n) is 2.22. The van der Waals surface area contributed by atoms with Crippen molar-refractivity contribution in [2.75, 3.05) is 24.4 Å². The highest BCUT2D eigenvalue weighted by molar-refractivity contribution is 7.92. The molecule has 0 unspecified atom stereocenters. The third-order valence-electron chi connectivity index (χ3n) is 3.65. The van der Waals surface area contributed by atoms with Crippen molar-refractivity contribution in [2.45, 2.75) is 18.7 Å². The number of carbonyl (C=O) groups is 1. The molecule has 134 valence electrons. The van der Waals surface area contributed by atoms with Gasteiger partial charge in [-0.05, 0) is 49.4 Å². The number of benzene rings is 2. The normalized spacial score (nSPS) is 11.1. The first-order chi connectivity index (χ1) is 11.9. The molecule has 2 aromatic rings. The van der Waals surface area contributed by atoms with E-state index in [1.54, 1.807) is 12.1 Å². The van der Waals surface area contributed by atoms with E-state index >= 15 is 0 Å². The lowest BCUT2D eigenvalue weighted by Gasteiger charge is -2.11. The fraction of sp³-hybridized carbons (Fsp3) is 0.278. The molecule has 0 aromatic heterocycles. The third kappa shape index (κ3) is 5.30. The number of hydrogen-bond donors (Lipinski definition) is 3. The minimum absolute atomic E-state index is 0.111. The van der Waals surface area contributed by atoms with Crippen LogP contribution in [0.4, 0.5) is 5.69 Å². The van der Waals surface area contributed by atoms with Crippen molar-refractivity contribution in [3.05, 3.63) is 59.7 Å². The molecule has 0 saturated carbocycles. The SMILES string of the molecule is CCNCCNC(=O)c1ccc(S(=O)(=O)Nc2ccccc2C)cc1. The van der Waals surface area contributed by atoms with Gasteiger partial charge in [-0.2, -0.15) is 0 Å². The molecule has 0 bridgehead atoms. The zero-order valence-corrected chi connectivity index (χ0v) is 15.2. The van der Waals surface area contributed by atoms with Crippen molar-refractivity contribution in [2.24, 2.45) is 0 Å². The number of hydrogen-bond acceptors (Lipinski definition) is 4. The summed E-state index contributed by atoms with van der Waals surface area (Å²) in [6.45, 7) is 5.87. The Bertz CT molecular complexity index is 818. The number of sulfonamides is 1. The summed E-state index contributed by atoms with van der Waals surface area (Å²) >= 11 is 0. The second-order valence-electron chi connectivity index (χ2n) is 5.55. The van der Waals surface area contributed by atoms with E-state index in [0.717, 1.165) is 12.1 Å². The third-order valence-corrected chi connectivity index (χ3v) is 5.03. The molecule has 3 N–H and O–H groups in total. The van der Waals surface area contributed by atoms with Crippen LogP contribution >= 0.6 is 0 Å². The Morgan fingerprint density at radius 1 is 1.00 bits per heavy atom. The maximum Gasteiger partial charge on any atom is 0.261 e. The molecule has 0 spiro atoms. The predicted octanol–water partition coefficient (Wildman–Crippen LogP) is 2.14. The standard InChI is InChI=1S/C18H23N3O3S/c1-3-19-12-13-20-18(22)15-8-10-16(11-9-15)25(23,24)21-17-7-5-4-6-14(17)2/h4-11,19,21H,3,12-13H2,1-2H3,(H,20,22). The lowest BCUT2D eigenvalue weighted by molar-refractivity contribution is 0.0954. The van der Waals surface area contributed by atoms with E-state index in [1.165, 1.54) is 24.3 Å². The lowest BCUT2D eigenvalue weighted by atomic mass is 10.2. The molecular weight excluding hydrogens is 338 g/mol. The number of anilines is 1. The van der Waals surface area contributed by atoms with Crippen LogP contribution in [-0.2, 0) is 10.0 Å². The number of carbonyl (C=O) groups excluding carboxylic acids is 1. The summed E-state index contributed by atoms with van der Waals surface area (Å²) in [5.41, 5.74) is 1.79. The minimum Gasteiger partial charge on any atom is -0.351 e. The van der Waals surface area contributed by atoms with Gasteiger partial charge in [-0.3, -0.25) is 9.52 Å². The highest BCUT2D eigenvalue weighted by Crippen LogP contribution is 2.19. The number of nitrogens with one attached hydrogen (secondary N) is 3. The van der Waals surface area contributed by atoms with Gasteiger partial charge < -0.3 is 10.6 Å². The Morgan fingerprint density at radius 3 is 2.32 bits per heavy atom. The lowest BCUT2D eigenvalue weighted by Crippen LogP contribution is -2.31. The van der Waals surface area contributed by atoms with E-state index in [4.69, 9.17) is 0 Å². The molecule has 2 aromatic carbocycles. The van der Waals surface area contributed by atoms with Crippen molar-refractivity contribution >= 4 is 21.6 Å². The van der Waals surface area contributed by atoms with Gasteiger partial charge in [-0.25, -0.2) is 8.42 Å². The van der Waals surface area contributed by atoms with Gasteiger partial charge >= 0.3 is 0 Å². The van der Waals surface area contributed by atoms with Crippen LogP contribution in [0.3, 0.4) is 0 Å². The topological polar surface area (TPSA) is 87.3 Å². The van der Waals surface area contributed by atoms with Crippen LogP contribution < -0.4 is 15.4 Å². The molecular formula is C18H23N3O3S. The summed E-state index contributed by atoms with van der Waals surface area (Å²) in [4.78, 5) is 12.1. The average molecular weight is 361 g/mol. The molecule has 0 aliphatic carbocycles. The second-order valence-corrected chi connectivity index (χ2v) is 7.24. The largest absolute Gasteiger partial charge is 0.351 e.